The van der Waals surface area contributed by atoms with E-state index >= 15 is 0 Å². The Kier molecular flexibility index (Phi) is 6.83. The van der Waals surface area contributed by atoms with Gasteiger partial charge in [-0.05, 0) is 19.8 Å². The molecular weight excluding hydrogens is 233 g/mol. The number of nitrogens with two attached hydrogens (primary N) is 1. The first-order chi connectivity index (χ1) is 7.25. The molecule has 0 bridgehead atoms. The van der Waals surface area contributed by atoms with Crippen molar-refractivity contribution in [3.05, 3.63) is 0 Å². The van der Waals surface area contributed by atoms with Gasteiger partial charge in [0.2, 0.25) is 0 Å². The molecule has 0 rings (SSSR count). The smallest absolute Gasteiger partial charge is 0.330 e. The summed E-state index contributed by atoms with van der Waals surface area (Å²) in [5.74, 6) is -0.848. The van der Waals surface area contributed by atoms with Gasteiger partial charge >= 0.3 is 13.6 Å². The molecule has 0 fully saturated rings. The SMILES string of the molecule is CC(N)C(CCCCCC(=O)O)P(=O)(O)O. The van der Waals surface area contributed by atoms with Gasteiger partial charge in [-0.15, -0.1) is 0 Å². The van der Waals surface area contributed by atoms with Gasteiger partial charge in [-0.1, -0.05) is 12.8 Å². The molecule has 0 amide bonds. The number of unbranched alkanes of at least 4 members (excludes halogenated alkanes) is 2. The summed E-state index contributed by atoms with van der Waals surface area (Å²) in [5.41, 5.74) is 4.68. The molecule has 2 unspecified atom stereocenters. The van der Waals surface area contributed by atoms with Crippen LogP contribution in [0.1, 0.15) is 39.0 Å². The van der Waals surface area contributed by atoms with E-state index in [1.54, 1.807) is 6.92 Å². The highest BCUT2D eigenvalue weighted by molar-refractivity contribution is 7.52. The van der Waals surface area contributed by atoms with Crippen LogP contribution >= 0.6 is 7.60 Å². The predicted octanol–water partition coefficient (Wildman–Crippen LogP) is 0.915. The van der Waals surface area contributed by atoms with Crippen LogP contribution in [-0.4, -0.2) is 32.6 Å². The molecule has 0 aliphatic rings. The van der Waals surface area contributed by atoms with Gasteiger partial charge in [-0.2, -0.15) is 0 Å². The summed E-state index contributed by atoms with van der Waals surface area (Å²) in [5, 5.41) is 8.39. The Hall–Kier alpha value is -0.420. The molecule has 0 aliphatic carbocycles. The van der Waals surface area contributed by atoms with E-state index in [0.717, 1.165) is 0 Å². The van der Waals surface area contributed by atoms with Gasteiger partial charge in [0.05, 0.1) is 5.66 Å². The van der Waals surface area contributed by atoms with Crippen molar-refractivity contribution >= 4 is 13.6 Å². The van der Waals surface area contributed by atoms with Crippen molar-refractivity contribution in [3.8, 4) is 0 Å². The standard InChI is InChI=1S/C9H20NO5P/c1-7(10)8(16(13,14)15)5-3-2-4-6-9(11)12/h7-8H,2-6,10H2,1H3,(H,11,12)(H2,13,14,15). The van der Waals surface area contributed by atoms with Gasteiger partial charge in [-0.3, -0.25) is 9.36 Å². The Labute approximate surface area is 95.0 Å². The molecular formula is C9H20NO5P. The molecule has 0 saturated carbocycles. The van der Waals surface area contributed by atoms with Crippen LogP contribution in [0.3, 0.4) is 0 Å². The third-order valence-corrected chi connectivity index (χ3v) is 4.02. The van der Waals surface area contributed by atoms with Crippen LogP contribution in [0.15, 0.2) is 0 Å². The zero-order chi connectivity index (χ0) is 12.8. The van der Waals surface area contributed by atoms with Crippen molar-refractivity contribution in [1.82, 2.24) is 0 Å². The van der Waals surface area contributed by atoms with Gasteiger partial charge in [0.1, 0.15) is 0 Å². The highest BCUT2D eigenvalue weighted by atomic mass is 31.2. The zero-order valence-electron chi connectivity index (χ0n) is 9.37. The summed E-state index contributed by atoms with van der Waals surface area (Å²) >= 11 is 0. The van der Waals surface area contributed by atoms with E-state index in [1.807, 2.05) is 0 Å². The molecule has 2 atom stereocenters. The third-order valence-electron chi connectivity index (χ3n) is 2.43. The van der Waals surface area contributed by atoms with Crippen molar-refractivity contribution < 1.29 is 24.3 Å². The molecule has 0 aromatic rings. The van der Waals surface area contributed by atoms with Crippen LogP contribution in [0.2, 0.25) is 0 Å². The van der Waals surface area contributed by atoms with Crippen LogP contribution in [0, 0.1) is 0 Å². The normalized spacial score (nSPS) is 15.8. The number of hydrogen-bond donors (Lipinski definition) is 4. The van der Waals surface area contributed by atoms with Crippen molar-refractivity contribution in [3.63, 3.8) is 0 Å². The van der Waals surface area contributed by atoms with Gasteiger partial charge < -0.3 is 20.6 Å². The second-order valence-electron chi connectivity index (χ2n) is 4.01. The van der Waals surface area contributed by atoms with Crippen molar-refractivity contribution in [2.75, 3.05) is 0 Å². The topological polar surface area (TPSA) is 121 Å². The molecule has 0 aromatic carbocycles. The summed E-state index contributed by atoms with van der Waals surface area (Å²) in [6.07, 6.45) is 2.20. The van der Waals surface area contributed by atoms with Crippen molar-refractivity contribution in [1.29, 1.82) is 0 Å². The van der Waals surface area contributed by atoms with Crippen LogP contribution in [-0.2, 0) is 9.36 Å². The van der Waals surface area contributed by atoms with Gasteiger partial charge in [0.25, 0.3) is 0 Å². The number of carboxylic acid groups (broad SMARTS) is 1. The Morgan fingerprint density at radius 3 is 2.25 bits per heavy atom. The first-order valence-electron chi connectivity index (χ1n) is 5.27. The van der Waals surface area contributed by atoms with Crippen LogP contribution < -0.4 is 5.73 Å². The lowest BCUT2D eigenvalue weighted by Crippen LogP contribution is -2.31. The number of carboxylic acids is 1. The Balaban J connectivity index is 3.88. The molecule has 16 heavy (non-hydrogen) atoms. The second kappa shape index (κ2) is 7.01. The van der Waals surface area contributed by atoms with Gasteiger partial charge in [0, 0.05) is 12.5 Å². The Morgan fingerprint density at radius 1 is 1.31 bits per heavy atom. The average molecular weight is 253 g/mol. The monoisotopic (exact) mass is 253 g/mol. The maximum Gasteiger partial charge on any atom is 0.330 e. The second-order valence-corrected chi connectivity index (χ2v) is 5.85. The Bertz CT molecular complexity index is 263. The molecule has 6 nitrogen and oxygen atoms in total. The number of rotatable bonds is 8. The summed E-state index contributed by atoms with van der Waals surface area (Å²) in [6, 6.07) is -0.555. The minimum Gasteiger partial charge on any atom is -0.481 e. The first-order valence-corrected chi connectivity index (χ1v) is 6.96. The zero-order valence-corrected chi connectivity index (χ0v) is 10.3. The summed E-state index contributed by atoms with van der Waals surface area (Å²) in [6.45, 7) is 1.57. The fourth-order valence-electron chi connectivity index (χ4n) is 1.54. The van der Waals surface area contributed by atoms with E-state index in [2.05, 4.69) is 0 Å². The van der Waals surface area contributed by atoms with E-state index in [1.165, 1.54) is 0 Å². The highest BCUT2D eigenvalue weighted by Crippen LogP contribution is 2.44. The molecule has 5 N–H and O–H groups in total. The van der Waals surface area contributed by atoms with E-state index in [9.17, 15) is 9.36 Å². The maximum absolute atomic E-state index is 11.1. The van der Waals surface area contributed by atoms with E-state index in [0.29, 0.717) is 25.7 Å². The fraction of sp³-hybridized carbons (Fsp3) is 0.889. The minimum atomic E-state index is -4.14. The van der Waals surface area contributed by atoms with Crippen LogP contribution in [0.25, 0.3) is 0 Å². The molecule has 96 valence electrons. The lowest BCUT2D eigenvalue weighted by atomic mass is 10.1. The maximum atomic E-state index is 11.1. The van der Waals surface area contributed by atoms with Gasteiger partial charge in [-0.25, -0.2) is 0 Å². The lowest BCUT2D eigenvalue weighted by Gasteiger charge is -2.21. The van der Waals surface area contributed by atoms with E-state index in [-0.39, 0.29) is 6.42 Å². The van der Waals surface area contributed by atoms with Crippen LogP contribution in [0.5, 0.6) is 0 Å². The quantitative estimate of drug-likeness (QED) is 0.377. The number of aliphatic carboxylic acids is 1. The largest absolute Gasteiger partial charge is 0.481 e. The van der Waals surface area contributed by atoms with Crippen LogP contribution in [0.4, 0.5) is 0 Å². The summed E-state index contributed by atoms with van der Waals surface area (Å²) in [7, 11) is -4.14. The third kappa shape index (κ3) is 6.95. The average Bonchev–Trinajstić information content (AvgIpc) is 2.07. The minimum absolute atomic E-state index is 0.0960. The summed E-state index contributed by atoms with van der Waals surface area (Å²) < 4.78 is 11.1. The van der Waals surface area contributed by atoms with E-state index < -0.39 is 25.3 Å². The highest BCUT2D eigenvalue weighted by Gasteiger charge is 2.31. The first kappa shape index (κ1) is 15.6. The molecule has 0 spiro atoms. The number of hydrogen-bond acceptors (Lipinski definition) is 3. The van der Waals surface area contributed by atoms with Gasteiger partial charge in [0.15, 0.2) is 0 Å². The lowest BCUT2D eigenvalue weighted by molar-refractivity contribution is -0.137. The number of carbonyl (C=O) groups is 1. The molecule has 0 radical (unpaired) electrons. The van der Waals surface area contributed by atoms with Crippen molar-refractivity contribution in [2.24, 2.45) is 5.73 Å². The fourth-order valence-corrected chi connectivity index (χ4v) is 2.68. The molecule has 0 saturated heterocycles. The Morgan fingerprint density at radius 2 is 1.88 bits per heavy atom. The molecule has 7 heteroatoms. The summed E-state index contributed by atoms with van der Waals surface area (Å²) in [4.78, 5) is 28.3. The predicted molar refractivity (Wildman–Crippen MR) is 60.2 cm³/mol. The van der Waals surface area contributed by atoms with E-state index in [4.69, 9.17) is 20.6 Å². The molecule has 0 aliphatic heterocycles. The van der Waals surface area contributed by atoms with Crippen molar-refractivity contribution in [2.45, 2.75) is 50.7 Å². The molecule has 0 heterocycles. The molecule has 0 aromatic heterocycles.